The van der Waals surface area contributed by atoms with Gasteiger partial charge in [0.2, 0.25) is 5.76 Å². The molecule has 0 bridgehead atoms. The number of rotatable bonds is 5. The minimum absolute atomic E-state index is 0.0352. The maximum absolute atomic E-state index is 13.2. The second-order valence-corrected chi connectivity index (χ2v) is 6.51. The SMILES string of the molecule is O=C(O)c1cc2cc(CN3CCC(Oc4cccc(F)c4)C3)ccc2o1. The fraction of sp³-hybridized carbons (Fsp3) is 0.250. The van der Waals surface area contributed by atoms with Crippen LogP contribution in [0, 0.1) is 5.82 Å². The molecule has 1 aromatic heterocycles. The van der Waals surface area contributed by atoms with Gasteiger partial charge in [-0.25, -0.2) is 9.18 Å². The minimum atomic E-state index is -1.07. The summed E-state index contributed by atoms with van der Waals surface area (Å²) >= 11 is 0. The zero-order valence-electron chi connectivity index (χ0n) is 14.0. The molecule has 0 spiro atoms. The van der Waals surface area contributed by atoms with Crippen LogP contribution in [0.4, 0.5) is 4.39 Å². The van der Waals surface area contributed by atoms with Crippen molar-refractivity contribution in [3.05, 3.63) is 65.7 Å². The Kier molecular flexibility index (Phi) is 4.34. The molecule has 5 nitrogen and oxygen atoms in total. The number of ether oxygens (including phenoxy) is 1. The average Bonchev–Trinajstić information content (AvgIpc) is 3.21. The maximum atomic E-state index is 13.2. The van der Waals surface area contributed by atoms with Crippen LogP contribution in [0.25, 0.3) is 11.0 Å². The highest BCUT2D eigenvalue weighted by molar-refractivity contribution is 5.91. The van der Waals surface area contributed by atoms with E-state index >= 15 is 0 Å². The molecule has 2 heterocycles. The lowest BCUT2D eigenvalue weighted by molar-refractivity contribution is 0.0665. The summed E-state index contributed by atoms with van der Waals surface area (Å²) in [5.74, 6) is -0.870. The molecular formula is C20H18FNO4. The van der Waals surface area contributed by atoms with Gasteiger partial charge in [-0.1, -0.05) is 12.1 Å². The lowest BCUT2D eigenvalue weighted by atomic mass is 10.1. The van der Waals surface area contributed by atoms with E-state index in [2.05, 4.69) is 4.90 Å². The summed E-state index contributed by atoms with van der Waals surface area (Å²) in [5.41, 5.74) is 1.65. The maximum Gasteiger partial charge on any atom is 0.371 e. The summed E-state index contributed by atoms with van der Waals surface area (Å²) in [6.45, 7) is 2.40. The molecule has 1 aliphatic heterocycles. The van der Waals surface area contributed by atoms with Crippen molar-refractivity contribution in [1.29, 1.82) is 0 Å². The van der Waals surface area contributed by atoms with E-state index in [9.17, 15) is 9.18 Å². The summed E-state index contributed by atoms with van der Waals surface area (Å²) in [6.07, 6.45) is 0.918. The van der Waals surface area contributed by atoms with Crippen molar-refractivity contribution >= 4 is 16.9 Å². The molecule has 6 heteroatoms. The van der Waals surface area contributed by atoms with E-state index in [0.29, 0.717) is 11.3 Å². The van der Waals surface area contributed by atoms with Gasteiger partial charge in [0.05, 0.1) is 0 Å². The van der Waals surface area contributed by atoms with Gasteiger partial charge < -0.3 is 14.3 Å². The first-order chi connectivity index (χ1) is 12.6. The number of carboxylic acid groups (broad SMARTS) is 1. The molecule has 26 heavy (non-hydrogen) atoms. The molecule has 0 amide bonds. The Balaban J connectivity index is 1.40. The minimum Gasteiger partial charge on any atom is -0.489 e. The van der Waals surface area contributed by atoms with E-state index in [0.717, 1.165) is 37.0 Å². The van der Waals surface area contributed by atoms with E-state index in [4.69, 9.17) is 14.3 Å². The van der Waals surface area contributed by atoms with Crippen LogP contribution in [-0.2, 0) is 6.54 Å². The van der Waals surface area contributed by atoms with Gasteiger partial charge in [0.1, 0.15) is 23.3 Å². The first kappa shape index (κ1) is 16.6. The average molecular weight is 355 g/mol. The Morgan fingerprint density at radius 2 is 2.15 bits per heavy atom. The first-order valence-electron chi connectivity index (χ1n) is 8.47. The van der Waals surface area contributed by atoms with E-state index in [1.165, 1.54) is 12.1 Å². The molecule has 4 rings (SSSR count). The number of aromatic carboxylic acids is 1. The van der Waals surface area contributed by atoms with Gasteiger partial charge in [-0.3, -0.25) is 4.90 Å². The Bertz CT molecular complexity index is 952. The van der Waals surface area contributed by atoms with E-state index in [1.54, 1.807) is 24.3 Å². The van der Waals surface area contributed by atoms with E-state index < -0.39 is 5.97 Å². The topological polar surface area (TPSA) is 62.9 Å². The number of halogens is 1. The van der Waals surface area contributed by atoms with Crippen LogP contribution >= 0.6 is 0 Å². The van der Waals surface area contributed by atoms with Crippen LogP contribution in [0.5, 0.6) is 5.75 Å². The molecule has 0 aliphatic carbocycles. The molecule has 1 atom stereocenters. The predicted octanol–water partition coefficient (Wildman–Crippen LogP) is 3.92. The summed E-state index contributed by atoms with van der Waals surface area (Å²) < 4.78 is 24.4. The Morgan fingerprint density at radius 1 is 1.27 bits per heavy atom. The van der Waals surface area contributed by atoms with E-state index in [1.807, 2.05) is 12.1 Å². The smallest absolute Gasteiger partial charge is 0.371 e. The largest absolute Gasteiger partial charge is 0.489 e. The predicted molar refractivity (Wildman–Crippen MR) is 93.9 cm³/mol. The van der Waals surface area contributed by atoms with Gasteiger partial charge in [-0.05, 0) is 42.3 Å². The molecule has 1 aliphatic rings. The second kappa shape index (κ2) is 6.80. The number of likely N-dealkylation sites (tertiary alicyclic amines) is 1. The standard InChI is InChI=1S/C20H18FNO4/c21-15-2-1-3-16(10-15)25-17-6-7-22(12-17)11-13-4-5-18-14(8-13)9-19(26-18)20(23)24/h1-5,8-10,17H,6-7,11-12H2,(H,23,24). The quantitative estimate of drug-likeness (QED) is 0.751. The molecule has 3 aromatic rings. The number of carbonyl (C=O) groups is 1. The fourth-order valence-corrected chi connectivity index (χ4v) is 3.32. The van der Waals surface area contributed by atoms with Crippen LogP contribution < -0.4 is 4.74 Å². The molecule has 1 saturated heterocycles. The molecule has 0 saturated carbocycles. The van der Waals surface area contributed by atoms with Crippen LogP contribution in [-0.4, -0.2) is 35.2 Å². The number of carboxylic acids is 1. The Labute approximate surface area is 149 Å². The van der Waals surface area contributed by atoms with Gasteiger partial charge in [0.15, 0.2) is 0 Å². The third-order valence-corrected chi connectivity index (χ3v) is 4.53. The zero-order chi connectivity index (χ0) is 18.1. The number of fused-ring (bicyclic) bond motifs is 1. The van der Waals surface area contributed by atoms with E-state index in [-0.39, 0.29) is 17.7 Å². The summed E-state index contributed by atoms with van der Waals surface area (Å²) in [4.78, 5) is 13.3. The van der Waals surface area contributed by atoms with Gasteiger partial charge >= 0.3 is 5.97 Å². The monoisotopic (exact) mass is 355 g/mol. The second-order valence-electron chi connectivity index (χ2n) is 6.51. The highest BCUT2D eigenvalue weighted by Crippen LogP contribution is 2.24. The van der Waals surface area contributed by atoms with Crippen LogP contribution in [0.1, 0.15) is 22.5 Å². The molecule has 134 valence electrons. The molecule has 1 fully saturated rings. The van der Waals surface area contributed by atoms with Crippen molar-refractivity contribution in [3.63, 3.8) is 0 Å². The summed E-state index contributed by atoms with van der Waals surface area (Å²) in [7, 11) is 0. The third-order valence-electron chi connectivity index (χ3n) is 4.53. The van der Waals surface area contributed by atoms with Crippen LogP contribution in [0.2, 0.25) is 0 Å². The molecular weight excluding hydrogens is 337 g/mol. The zero-order valence-corrected chi connectivity index (χ0v) is 14.0. The molecule has 1 unspecified atom stereocenters. The molecule has 1 N–H and O–H groups in total. The van der Waals surface area contributed by atoms with Gasteiger partial charge in [-0.2, -0.15) is 0 Å². The number of hydrogen-bond acceptors (Lipinski definition) is 4. The number of nitrogens with zero attached hydrogens (tertiary/aromatic N) is 1. The fourth-order valence-electron chi connectivity index (χ4n) is 3.32. The van der Waals surface area contributed by atoms with Crippen molar-refractivity contribution in [1.82, 2.24) is 4.90 Å². The first-order valence-corrected chi connectivity index (χ1v) is 8.47. The van der Waals surface area contributed by atoms with Gasteiger partial charge in [0.25, 0.3) is 0 Å². The molecule has 0 radical (unpaired) electrons. The number of hydrogen-bond donors (Lipinski definition) is 1. The summed E-state index contributed by atoms with van der Waals surface area (Å²) in [6, 6.07) is 13.4. The van der Waals surface area contributed by atoms with Gasteiger partial charge in [0, 0.05) is 31.1 Å². The normalized spacial score (nSPS) is 17.7. The Morgan fingerprint density at radius 3 is 2.96 bits per heavy atom. The number of furan rings is 1. The third kappa shape index (κ3) is 3.55. The lowest BCUT2D eigenvalue weighted by Crippen LogP contribution is -2.24. The highest BCUT2D eigenvalue weighted by atomic mass is 19.1. The number of benzene rings is 2. The van der Waals surface area contributed by atoms with Gasteiger partial charge in [-0.15, -0.1) is 0 Å². The Hall–Kier alpha value is -2.86. The molecule has 2 aromatic carbocycles. The van der Waals surface area contributed by atoms with Crippen molar-refractivity contribution in [2.45, 2.75) is 19.1 Å². The summed E-state index contributed by atoms with van der Waals surface area (Å²) in [5, 5.41) is 9.80. The van der Waals surface area contributed by atoms with Crippen molar-refractivity contribution in [2.24, 2.45) is 0 Å². The highest BCUT2D eigenvalue weighted by Gasteiger charge is 2.24. The van der Waals surface area contributed by atoms with Crippen molar-refractivity contribution in [2.75, 3.05) is 13.1 Å². The van der Waals surface area contributed by atoms with Crippen molar-refractivity contribution < 1.29 is 23.4 Å². The van der Waals surface area contributed by atoms with Crippen LogP contribution in [0.3, 0.4) is 0 Å². The lowest BCUT2D eigenvalue weighted by Gasteiger charge is -2.17. The van der Waals surface area contributed by atoms with Crippen molar-refractivity contribution in [3.8, 4) is 5.75 Å². The van der Waals surface area contributed by atoms with Crippen LogP contribution in [0.15, 0.2) is 52.9 Å².